The van der Waals surface area contributed by atoms with Crippen molar-refractivity contribution in [1.82, 2.24) is 10.2 Å². The second-order valence-corrected chi connectivity index (χ2v) is 7.52. The third-order valence-corrected chi connectivity index (χ3v) is 5.27. The Morgan fingerprint density at radius 3 is 2.39 bits per heavy atom. The van der Waals surface area contributed by atoms with E-state index in [9.17, 15) is 23.1 Å². The van der Waals surface area contributed by atoms with Gasteiger partial charge in [-0.25, -0.2) is 4.79 Å². The van der Waals surface area contributed by atoms with Crippen LogP contribution in [0.4, 0.5) is 18.0 Å². The average Bonchev–Trinajstić information content (AvgIpc) is 2.77. The molecule has 2 N–H and O–H groups in total. The molecule has 1 aliphatic heterocycles. The molecule has 2 heterocycles. The molecular formula is C15H21F3N2O2S. The quantitative estimate of drug-likeness (QED) is 0.857. The van der Waals surface area contributed by atoms with Gasteiger partial charge in [-0.3, -0.25) is 0 Å². The van der Waals surface area contributed by atoms with Gasteiger partial charge in [0.25, 0.3) is 0 Å². The smallest absolute Gasteiger partial charge is 0.380 e. The van der Waals surface area contributed by atoms with Crippen molar-refractivity contribution < 1.29 is 23.1 Å². The number of amides is 2. The van der Waals surface area contributed by atoms with Crippen molar-refractivity contribution in [3.05, 3.63) is 21.4 Å². The van der Waals surface area contributed by atoms with E-state index in [2.05, 4.69) is 5.32 Å². The zero-order valence-electron chi connectivity index (χ0n) is 13.3. The fourth-order valence-electron chi connectivity index (χ4n) is 2.80. The van der Waals surface area contributed by atoms with Gasteiger partial charge in [-0.05, 0) is 32.4 Å². The summed E-state index contributed by atoms with van der Waals surface area (Å²) in [5, 5.41) is 12.4. The van der Waals surface area contributed by atoms with Gasteiger partial charge in [-0.2, -0.15) is 13.2 Å². The Morgan fingerprint density at radius 1 is 1.39 bits per heavy atom. The fourth-order valence-corrected chi connectivity index (χ4v) is 3.82. The summed E-state index contributed by atoms with van der Waals surface area (Å²) in [5.41, 5.74) is -1.67. The highest BCUT2D eigenvalue weighted by atomic mass is 32.1. The van der Waals surface area contributed by atoms with E-state index in [0.29, 0.717) is 0 Å². The van der Waals surface area contributed by atoms with Crippen LogP contribution in [0.5, 0.6) is 0 Å². The van der Waals surface area contributed by atoms with Crippen LogP contribution in [0.15, 0.2) is 6.07 Å². The largest absolute Gasteiger partial charge is 0.417 e. The van der Waals surface area contributed by atoms with Gasteiger partial charge in [0.15, 0.2) is 5.60 Å². The topological polar surface area (TPSA) is 52.6 Å². The standard InChI is InChI=1S/C15H21F3N2O2S/c1-9-8-12(11(3)23-9)10(2)19-13(21)20-6-4-14(22,5-7-20)15(16,17)18/h8,10,22H,4-7H2,1-3H3,(H,19,21). The molecule has 0 aromatic carbocycles. The maximum atomic E-state index is 12.8. The number of hydrogen-bond acceptors (Lipinski definition) is 3. The van der Waals surface area contributed by atoms with Crippen molar-refractivity contribution in [2.45, 2.75) is 51.4 Å². The lowest BCUT2D eigenvalue weighted by Crippen LogP contribution is -2.56. The average molecular weight is 350 g/mol. The number of hydrogen-bond donors (Lipinski definition) is 2. The Balaban J connectivity index is 1.94. The van der Waals surface area contributed by atoms with Gasteiger partial charge in [0.05, 0.1) is 6.04 Å². The lowest BCUT2D eigenvalue weighted by atomic mass is 9.91. The highest BCUT2D eigenvalue weighted by Gasteiger charge is 2.54. The van der Waals surface area contributed by atoms with Crippen molar-refractivity contribution in [3.8, 4) is 0 Å². The second-order valence-electron chi connectivity index (χ2n) is 6.06. The van der Waals surface area contributed by atoms with Crippen molar-refractivity contribution in [1.29, 1.82) is 0 Å². The molecule has 130 valence electrons. The van der Waals surface area contributed by atoms with Gasteiger partial charge in [-0.15, -0.1) is 11.3 Å². The SMILES string of the molecule is Cc1cc(C(C)NC(=O)N2CCC(O)(C(F)(F)F)CC2)c(C)s1. The Morgan fingerprint density at radius 2 is 1.96 bits per heavy atom. The number of thiophene rings is 1. The minimum Gasteiger partial charge on any atom is -0.380 e. The van der Waals surface area contributed by atoms with E-state index in [-0.39, 0.29) is 19.1 Å². The van der Waals surface area contributed by atoms with Crippen molar-refractivity contribution in [2.75, 3.05) is 13.1 Å². The number of nitrogens with one attached hydrogen (secondary N) is 1. The summed E-state index contributed by atoms with van der Waals surface area (Å²) in [7, 11) is 0. The molecule has 0 saturated carbocycles. The lowest BCUT2D eigenvalue weighted by Gasteiger charge is -2.39. The monoisotopic (exact) mass is 350 g/mol. The van der Waals surface area contributed by atoms with Gasteiger partial charge < -0.3 is 15.3 Å². The molecule has 1 fully saturated rings. The molecule has 0 bridgehead atoms. The third-order valence-electron chi connectivity index (χ3n) is 4.29. The number of likely N-dealkylation sites (tertiary alicyclic amines) is 1. The number of rotatable bonds is 2. The molecule has 1 atom stereocenters. The summed E-state index contributed by atoms with van der Waals surface area (Å²) >= 11 is 1.64. The number of carbonyl (C=O) groups excluding carboxylic acids is 1. The van der Waals surface area contributed by atoms with Crippen molar-refractivity contribution >= 4 is 17.4 Å². The first-order valence-electron chi connectivity index (χ1n) is 7.45. The molecule has 4 nitrogen and oxygen atoms in total. The van der Waals surface area contributed by atoms with Gasteiger partial charge in [0.2, 0.25) is 0 Å². The van der Waals surface area contributed by atoms with E-state index in [1.54, 1.807) is 11.3 Å². The number of aliphatic hydroxyl groups is 1. The van der Waals surface area contributed by atoms with Gasteiger partial charge in [0.1, 0.15) is 0 Å². The predicted molar refractivity (Wildman–Crippen MR) is 82.6 cm³/mol. The molecule has 8 heteroatoms. The molecule has 23 heavy (non-hydrogen) atoms. The van der Waals surface area contributed by atoms with Crippen LogP contribution in [0.2, 0.25) is 0 Å². The fraction of sp³-hybridized carbons (Fsp3) is 0.667. The minimum absolute atomic E-state index is 0.115. The molecule has 1 saturated heterocycles. The zero-order valence-corrected chi connectivity index (χ0v) is 14.1. The number of aryl methyl sites for hydroxylation is 2. The van der Waals surface area contributed by atoms with E-state index >= 15 is 0 Å². The van der Waals surface area contributed by atoms with Gasteiger partial charge >= 0.3 is 12.2 Å². The highest BCUT2D eigenvalue weighted by molar-refractivity contribution is 7.12. The number of nitrogens with zero attached hydrogens (tertiary/aromatic N) is 1. The summed E-state index contributed by atoms with van der Waals surface area (Å²) in [6, 6.07) is 1.39. The number of alkyl halides is 3. The van der Waals surface area contributed by atoms with Crippen LogP contribution in [0, 0.1) is 13.8 Å². The molecule has 2 rings (SSSR count). The first kappa shape index (κ1) is 18.1. The predicted octanol–water partition coefficient (Wildman–Crippen LogP) is 3.52. The van der Waals surface area contributed by atoms with Crippen LogP contribution < -0.4 is 5.32 Å². The van der Waals surface area contributed by atoms with E-state index in [0.717, 1.165) is 15.3 Å². The Kier molecular flexibility index (Phi) is 4.96. The molecule has 1 aromatic rings. The molecule has 2 amide bonds. The lowest BCUT2D eigenvalue weighted by molar-refractivity contribution is -0.271. The Labute approximate surface area is 137 Å². The van der Waals surface area contributed by atoms with Crippen LogP contribution >= 0.6 is 11.3 Å². The molecule has 0 spiro atoms. The summed E-state index contributed by atoms with van der Waals surface area (Å²) in [4.78, 5) is 15.8. The van der Waals surface area contributed by atoms with Crippen LogP contribution in [-0.4, -0.2) is 40.9 Å². The van der Waals surface area contributed by atoms with Crippen molar-refractivity contribution in [3.63, 3.8) is 0 Å². The van der Waals surface area contributed by atoms with E-state index < -0.39 is 30.7 Å². The third kappa shape index (κ3) is 3.80. The van der Waals surface area contributed by atoms with E-state index in [1.807, 2.05) is 26.8 Å². The van der Waals surface area contributed by atoms with Crippen LogP contribution in [0.25, 0.3) is 0 Å². The minimum atomic E-state index is -4.66. The maximum absolute atomic E-state index is 12.8. The second kappa shape index (κ2) is 6.32. The zero-order chi connectivity index (χ0) is 17.4. The number of piperidine rings is 1. The molecular weight excluding hydrogens is 329 g/mol. The van der Waals surface area contributed by atoms with E-state index in [4.69, 9.17) is 0 Å². The number of urea groups is 1. The van der Waals surface area contributed by atoms with Crippen LogP contribution in [0.3, 0.4) is 0 Å². The summed E-state index contributed by atoms with van der Waals surface area (Å²) in [6.07, 6.45) is -5.64. The Hall–Kier alpha value is -1.28. The van der Waals surface area contributed by atoms with Gasteiger partial charge in [0, 0.05) is 35.7 Å². The van der Waals surface area contributed by atoms with Crippen molar-refractivity contribution in [2.24, 2.45) is 0 Å². The summed E-state index contributed by atoms with van der Waals surface area (Å²) < 4.78 is 38.3. The number of carbonyl (C=O) groups is 1. The van der Waals surface area contributed by atoms with Crippen LogP contribution in [-0.2, 0) is 0 Å². The normalized spacial score (nSPS) is 19.5. The van der Waals surface area contributed by atoms with Crippen LogP contribution in [0.1, 0.15) is 41.1 Å². The molecule has 1 unspecified atom stereocenters. The first-order valence-corrected chi connectivity index (χ1v) is 8.26. The molecule has 1 aliphatic rings. The number of halogens is 3. The summed E-state index contributed by atoms with van der Waals surface area (Å²) in [5.74, 6) is 0. The molecule has 0 aliphatic carbocycles. The molecule has 1 aromatic heterocycles. The Bertz CT molecular complexity index is 578. The summed E-state index contributed by atoms with van der Waals surface area (Å²) in [6.45, 7) is 5.58. The van der Waals surface area contributed by atoms with Gasteiger partial charge in [-0.1, -0.05) is 0 Å². The first-order chi connectivity index (χ1) is 10.5. The molecule has 0 radical (unpaired) electrons. The maximum Gasteiger partial charge on any atom is 0.417 e. The highest BCUT2D eigenvalue weighted by Crippen LogP contribution is 2.38. The van der Waals surface area contributed by atoms with E-state index in [1.165, 1.54) is 4.90 Å².